The zero-order valence-electron chi connectivity index (χ0n) is 12.2. The molecule has 0 radical (unpaired) electrons. The molecule has 2 aromatic rings. The van der Waals surface area contributed by atoms with Crippen molar-refractivity contribution in [2.75, 3.05) is 5.32 Å². The number of rotatable bonds is 5. The molecule has 0 aliphatic rings. The van der Waals surface area contributed by atoms with E-state index in [2.05, 4.69) is 20.8 Å². The number of hydrogen-bond acceptors (Lipinski definition) is 4. The Bertz CT molecular complexity index is 661. The first-order chi connectivity index (χ1) is 10.5. The monoisotopic (exact) mass is 306 g/mol. The molecule has 2 rings (SSSR count). The Morgan fingerprint density at radius 1 is 1.18 bits per heavy atom. The SMILES string of the molecule is CCC(C)NC(=O)c1ccc(Nc2ccc(F)c(F)c2)nn1. The molecule has 5 nitrogen and oxygen atoms in total. The summed E-state index contributed by atoms with van der Waals surface area (Å²) in [5.74, 6) is -1.86. The van der Waals surface area contributed by atoms with Gasteiger partial charge in [-0.1, -0.05) is 6.92 Å². The van der Waals surface area contributed by atoms with Gasteiger partial charge >= 0.3 is 0 Å². The Kier molecular flexibility index (Phi) is 4.98. The van der Waals surface area contributed by atoms with Crippen LogP contribution in [0.3, 0.4) is 0 Å². The zero-order valence-corrected chi connectivity index (χ0v) is 12.2. The molecule has 0 saturated heterocycles. The van der Waals surface area contributed by atoms with Gasteiger partial charge in [-0.2, -0.15) is 0 Å². The third kappa shape index (κ3) is 3.97. The van der Waals surface area contributed by atoms with Gasteiger partial charge in [-0.25, -0.2) is 8.78 Å². The van der Waals surface area contributed by atoms with Crippen molar-refractivity contribution in [2.45, 2.75) is 26.3 Å². The molecule has 2 N–H and O–H groups in total. The van der Waals surface area contributed by atoms with Crippen molar-refractivity contribution in [3.8, 4) is 0 Å². The summed E-state index contributed by atoms with van der Waals surface area (Å²) in [4.78, 5) is 11.8. The van der Waals surface area contributed by atoms with Gasteiger partial charge in [0.05, 0.1) is 0 Å². The van der Waals surface area contributed by atoms with Gasteiger partial charge in [-0.3, -0.25) is 4.79 Å². The van der Waals surface area contributed by atoms with Crippen molar-refractivity contribution in [1.82, 2.24) is 15.5 Å². The number of nitrogens with one attached hydrogen (secondary N) is 2. The molecular weight excluding hydrogens is 290 g/mol. The Hall–Kier alpha value is -2.57. The van der Waals surface area contributed by atoms with Crippen LogP contribution >= 0.6 is 0 Å². The molecule has 7 heteroatoms. The van der Waals surface area contributed by atoms with E-state index in [1.807, 2.05) is 13.8 Å². The van der Waals surface area contributed by atoms with Gasteiger partial charge in [0, 0.05) is 17.8 Å². The van der Waals surface area contributed by atoms with Crippen LogP contribution in [0.25, 0.3) is 0 Å². The highest BCUT2D eigenvalue weighted by Gasteiger charge is 2.11. The van der Waals surface area contributed by atoms with E-state index in [1.54, 1.807) is 6.07 Å². The van der Waals surface area contributed by atoms with Crippen LogP contribution in [0, 0.1) is 11.6 Å². The van der Waals surface area contributed by atoms with Gasteiger partial charge in [0.25, 0.3) is 5.91 Å². The molecule has 1 amide bonds. The molecule has 1 heterocycles. The number of carbonyl (C=O) groups is 1. The summed E-state index contributed by atoms with van der Waals surface area (Å²) in [5, 5.41) is 13.2. The van der Waals surface area contributed by atoms with Crippen molar-refractivity contribution >= 4 is 17.4 Å². The number of amides is 1. The van der Waals surface area contributed by atoms with Crippen LogP contribution in [0.4, 0.5) is 20.3 Å². The van der Waals surface area contributed by atoms with Crippen LogP contribution in [0.1, 0.15) is 30.8 Å². The lowest BCUT2D eigenvalue weighted by Gasteiger charge is -2.10. The topological polar surface area (TPSA) is 66.9 Å². The minimum atomic E-state index is -0.956. The van der Waals surface area contributed by atoms with Crippen molar-refractivity contribution < 1.29 is 13.6 Å². The van der Waals surface area contributed by atoms with Gasteiger partial charge in [0.2, 0.25) is 0 Å². The number of hydrogen-bond donors (Lipinski definition) is 2. The van der Waals surface area contributed by atoms with E-state index >= 15 is 0 Å². The second kappa shape index (κ2) is 6.93. The Morgan fingerprint density at radius 2 is 1.95 bits per heavy atom. The number of aromatic nitrogens is 2. The van der Waals surface area contributed by atoms with E-state index in [9.17, 15) is 13.6 Å². The van der Waals surface area contributed by atoms with Gasteiger partial charge in [0.15, 0.2) is 23.1 Å². The molecule has 1 aromatic carbocycles. The smallest absolute Gasteiger partial charge is 0.272 e. The van der Waals surface area contributed by atoms with Crippen molar-refractivity contribution in [2.24, 2.45) is 0 Å². The van der Waals surface area contributed by atoms with Crippen LogP contribution in [0.5, 0.6) is 0 Å². The molecule has 116 valence electrons. The molecule has 0 aliphatic heterocycles. The fraction of sp³-hybridized carbons (Fsp3) is 0.267. The highest BCUT2D eigenvalue weighted by Crippen LogP contribution is 2.17. The second-order valence-corrected chi connectivity index (χ2v) is 4.84. The van der Waals surface area contributed by atoms with Crippen LogP contribution < -0.4 is 10.6 Å². The molecular formula is C15H16F2N4O. The molecule has 0 aliphatic carbocycles. The number of halogens is 2. The molecule has 1 aromatic heterocycles. The highest BCUT2D eigenvalue weighted by atomic mass is 19.2. The Balaban J connectivity index is 2.05. The largest absolute Gasteiger partial charge is 0.348 e. The first kappa shape index (κ1) is 15.8. The van der Waals surface area contributed by atoms with Crippen molar-refractivity contribution in [3.05, 3.63) is 47.7 Å². The number of nitrogens with zero attached hydrogens (tertiary/aromatic N) is 2. The standard InChI is InChI=1S/C15H16F2N4O/c1-3-9(2)18-15(22)13-6-7-14(21-20-13)19-10-4-5-11(16)12(17)8-10/h4-9H,3H2,1-2H3,(H,18,22)(H,19,21). The normalized spacial score (nSPS) is 11.8. The maximum atomic E-state index is 13.1. The average molecular weight is 306 g/mol. The predicted octanol–water partition coefficient (Wildman–Crippen LogP) is 3.03. The van der Waals surface area contributed by atoms with Crippen LogP contribution in [-0.4, -0.2) is 22.1 Å². The molecule has 1 unspecified atom stereocenters. The fourth-order valence-corrected chi connectivity index (χ4v) is 1.64. The minimum absolute atomic E-state index is 0.0503. The molecule has 0 saturated carbocycles. The first-order valence-electron chi connectivity index (χ1n) is 6.86. The first-order valence-corrected chi connectivity index (χ1v) is 6.86. The maximum absolute atomic E-state index is 13.1. The lowest BCUT2D eigenvalue weighted by molar-refractivity contribution is 0.0933. The summed E-state index contributed by atoms with van der Waals surface area (Å²) in [6.45, 7) is 3.86. The van der Waals surface area contributed by atoms with Crippen LogP contribution in [0.2, 0.25) is 0 Å². The van der Waals surface area contributed by atoms with E-state index in [0.29, 0.717) is 11.5 Å². The Morgan fingerprint density at radius 3 is 2.55 bits per heavy atom. The summed E-state index contributed by atoms with van der Waals surface area (Å²) >= 11 is 0. The Labute approximate surface area is 126 Å². The third-order valence-corrected chi connectivity index (χ3v) is 3.08. The molecule has 0 spiro atoms. The third-order valence-electron chi connectivity index (χ3n) is 3.08. The number of carbonyl (C=O) groups excluding carboxylic acids is 1. The number of benzene rings is 1. The maximum Gasteiger partial charge on any atom is 0.272 e. The zero-order chi connectivity index (χ0) is 16.1. The fourth-order valence-electron chi connectivity index (χ4n) is 1.64. The van der Waals surface area contributed by atoms with Gasteiger partial charge in [-0.05, 0) is 37.6 Å². The molecule has 0 bridgehead atoms. The summed E-state index contributed by atoms with van der Waals surface area (Å²) < 4.78 is 25.9. The summed E-state index contributed by atoms with van der Waals surface area (Å²) in [7, 11) is 0. The van der Waals surface area contributed by atoms with E-state index < -0.39 is 11.6 Å². The molecule has 1 atom stereocenters. The summed E-state index contributed by atoms with van der Waals surface area (Å²) in [6, 6.07) is 6.50. The van der Waals surface area contributed by atoms with E-state index in [-0.39, 0.29) is 17.6 Å². The summed E-state index contributed by atoms with van der Waals surface area (Å²) in [6.07, 6.45) is 0.814. The van der Waals surface area contributed by atoms with E-state index in [0.717, 1.165) is 18.6 Å². The van der Waals surface area contributed by atoms with E-state index in [1.165, 1.54) is 12.1 Å². The summed E-state index contributed by atoms with van der Waals surface area (Å²) in [5.41, 5.74) is 0.529. The van der Waals surface area contributed by atoms with Gasteiger partial charge < -0.3 is 10.6 Å². The quantitative estimate of drug-likeness (QED) is 0.891. The minimum Gasteiger partial charge on any atom is -0.348 e. The number of anilines is 2. The van der Waals surface area contributed by atoms with Crippen LogP contribution in [-0.2, 0) is 0 Å². The van der Waals surface area contributed by atoms with Gasteiger partial charge in [-0.15, -0.1) is 10.2 Å². The van der Waals surface area contributed by atoms with Crippen molar-refractivity contribution in [3.63, 3.8) is 0 Å². The average Bonchev–Trinajstić information content (AvgIpc) is 2.51. The van der Waals surface area contributed by atoms with Gasteiger partial charge in [0.1, 0.15) is 0 Å². The van der Waals surface area contributed by atoms with E-state index in [4.69, 9.17) is 0 Å². The molecule has 0 fully saturated rings. The van der Waals surface area contributed by atoms with Crippen LogP contribution in [0.15, 0.2) is 30.3 Å². The second-order valence-electron chi connectivity index (χ2n) is 4.84. The lowest BCUT2D eigenvalue weighted by atomic mass is 10.2. The highest BCUT2D eigenvalue weighted by molar-refractivity contribution is 5.92. The molecule has 22 heavy (non-hydrogen) atoms. The van der Waals surface area contributed by atoms with Crippen molar-refractivity contribution in [1.29, 1.82) is 0 Å². The predicted molar refractivity (Wildman–Crippen MR) is 78.9 cm³/mol. The lowest BCUT2D eigenvalue weighted by Crippen LogP contribution is -2.32.